The minimum Gasteiger partial charge on any atom is -0.390 e. The Kier molecular flexibility index (Phi) is 3.29. The van der Waals surface area contributed by atoms with Crippen molar-refractivity contribution >= 4 is 5.91 Å². The van der Waals surface area contributed by atoms with Gasteiger partial charge in [0.2, 0.25) is 5.91 Å². The molecule has 2 N–H and O–H groups in total. The van der Waals surface area contributed by atoms with Crippen LogP contribution in [-0.4, -0.2) is 29.8 Å². The Balaban J connectivity index is 1.75. The molecule has 1 saturated heterocycles. The van der Waals surface area contributed by atoms with Crippen molar-refractivity contribution in [1.29, 1.82) is 0 Å². The maximum Gasteiger partial charge on any atom is 0.249 e. The number of hydrogen-bond acceptors (Lipinski definition) is 3. The molecule has 1 aromatic rings. The molecule has 4 nitrogen and oxygen atoms in total. The number of amides is 1. The Bertz CT molecular complexity index is 488. The van der Waals surface area contributed by atoms with E-state index in [2.05, 4.69) is 5.32 Å². The minimum absolute atomic E-state index is 0.106. The molecule has 0 saturated carbocycles. The lowest BCUT2D eigenvalue weighted by Crippen LogP contribution is -2.42. The van der Waals surface area contributed by atoms with Crippen LogP contribution < -0.4 is 5.32 Å². The van der Waals surface area contributed by atoms with Gasteiger partial charge in [-0.05, 0) is 23.5 Å². The van der Waals surface area contributed by atoms with Crippen LogP contribution in [0.3, 0.4) is 0 Å². The third-order valence-corrected chi connectivity index (χ3v) is 4.15. The number of hydrogen-bond donors (Lipinski definition) is 2. The van der Waals surface area contributed by atoms with Crippen LogP contribution in [0.25, 0.3) is 0 Å². The maximum absolute atomic E-state index is 12.2. The number of benzene rings is 1. The fourth-order valence-corrected chi connectivity index (χ4v) is 3.01. The molecule has 1 heterocycles. The maximum atomic E-state index is 12.2. The molecule has 1 fully saturated rings. The molecule has 0 aromatic heterocycles. The first kappa shape index (κ1) is 12.6. The first-order valence-electron chi connectivity index (χ1n) is 6.84. The van der Waals surface area contributed by atoms with Crippen LogP contribution in [0, 0.1) is 5.92 Å². The van der Waals surface area contributed by atoms with E-state index in [1.807, 2.05) is 31.2 Å². The molecule has 1 aliphatic carbocycles. The van der Waals surface area contributed by atoms with Crippen molar-refractivity contribution in [1.82, 2.24) is 5.32 Å². The Labute approximate surface area is 112 Å². The first-order chi connectivity index (χ1) is 9.16. The van der Waals surface area contributed by atoms with E-state index < -0.39 is 6.10 Å². The summed E-state index contributed by atoms with van der Waals surface area (Å²) >= 11 is 0. The average molecular weight is 261 g/mol. The summed E-state index contributed by atoms with van der Waals surface area (Å²) in [6.45, 7) is 2.67. The molecule has 0 bridgehead atoms. The number of rotatable bonds is 2. The molecule has 0 spiro atoms. The SMILES string of the molecule is CC1CCOC1C(=O)N[C@@H]1c2ccccc2C[C@@H]1O. The summed E-state index contributed by atoms with van der Waals surface area (Å²) in [6.07, 6.45) is 0.599. The second-order valence-corrected chi connectivity index (χ2v) is 5.51. The van der Waals surface area contributed by atoms with E-state index in [0.29, 0.717) is 13.0 Å². The number of aliphatic hydroxyl groups is 1. The van der Waals surface area contributed by atoms with Crippen molar-refractivity contribution in [3.8, 4) is 0 Å². The van der Waals surface area contributed by atoms with Gasteiger partial charge in [0.05, 0.1) is 12.1 Å². The zero-order valence-corrected chi connectivity index (χ0v) is 11.0. The standard InChI is InChI=1S/C15H19NO3/c1-9-6-7-19-14(9)15(18)16-13-11-5-3-2-4-10(11)8-12(13)17/h2-5,9,12-14,17H,6-8H2,1H3,(H,16,18)/t9?,12-,13+,14?/m0/s1. The van der Waals surface area contributed by atoms with Crippen LogP contribution in [0.1, 0.15) is 30.5 Å². The van der Waals surface area contributed by atoms with Gasteiger partial charge < -0.3 is 15.2 Å². The van der Waals surface area contributed by atoms with E-state index in [1.165, 1.54) is 0 Å². The van der Waals surface area contributed by atoms with Crippen molar-refractivity contribution in [2.24, 2.45) is 5.92 Å². The number of fused-ring (bicyclic) bond motifs is 1. The lowest BCUT2D eigenvalue weighted by Gasteiger charge is -2.21. The second-order valence-electron chi connectivity index (χ2n) is 5.51. The highest BCUT2D eigenvalue weighted by molar-refractivity contribution is 5.82. The summed E-state index contributed by atoms with van der Waals surface area (Å²) in [5, 5.41) is 13.1. The number of carbonyl (C=O) groups excluding carboxylic acids is 1. The van der Waals surface area contributed by atoms with Crippen LogP contribution in [-0.2, 0) is 16.0 Å². The lowest BCUT2D eigenvalue weighted by molar-refractivity contribution is -0.133. The average Bonchev–Trinajstić information content (AvgIpc) is 2.94. The van der Waals surface area contributed by atoms with Crippen molar-refractivity contribution in [3.05, 3.63) is 35.4 Å². The highest BCUT2D eigenvalue weighted by Crippen LogP contribution is 2.32. The Morgan fingerprint density at radius 1 is 1.42 bits per heavy atom. The van der Waals surface area contributed by atoms with Crippen LogP contribution in [0.15, 0.2) is 24.3 Å². The van der Waals surface area contributed by atoms with E-state index in [9.17, 15) is 9.90 Å². The van der Waals surface area contributed by atoms with Crippen molar-refractivity contribution < 1.29 is 14.6 Å². The van der Waals surface area contributed by atoms with Gasteiger partial charge in [0.25, 0.3) is 0 Å². The van der Waals surface area contributed by atoms with E-state index in [4.69, 9.17) is 4.74 Å². The van der Waals surface area contributed by atoms with Crippen LogP contribution in [0.4, 0.5) is 0 Å². The Morgan fingerprint density at radius 3 is 2.95 bits per heavy atom. The number of aliphatic hydroxyl groups excluding tert-OH is 1. The summed E-state index contributed by atoms with van der Waals surface area (Å²) in [7, 11) is 0. The van der Waals surface area contributed by atoms with Gasteiger partial charge in [-0.1, -0.05) is 31.2 Å². The van der Waals surface area contributed by atoms with Gasteiger partial charge in [0, 0.05) is 13.0 Å². The molecule has 4 heteroatoms. The van der Waals surface area contributed by atoms with Gasteiger partial charge >= 0.3 is 0 Å². The zero-order chi connectivity index (χ0) is 13.4. The summed E-state index contributed by atoms with van der Waals surface area (Å²) in [5.41, 5.74) is 2.13. The third kappa shape index (κ3) is 2.26. The Morgan fingerprint density at radius 2 is 2.21 bits per heavy atom. The summed E-state index contributed by atoms with van der Waals surface area (Å²) in [5.74, 6) is 0.138. The summed E-state index contributed by atoms with van der Waals surface area (Å²) in [4.78, 5) is 12.2. The van der Waals surface area contributed by atoms with Gasteiger partial charge in [-0.3, -0.25) is 4.79 Å². The molecule has 2 aliphatic rings. The van der Waals surface area contributed by atoms with E-state index in [1.54, 1.807) is 0 Å². The predicted octanol–water partition coefficient (Wildman–Crippen LogP) is 1.19. The lowest BCUT2D eigenvalue weighted by atomic mass is 10.0. The number of carbonyl (C=O) groups is 1. The van der Waals surface area contributed by atoms with Gasteiger partial charge in [-0.25, -0.2) is 0 Å². The van der Waals surface area contributed by atoms with Gasteiger partial charge in [-0.2, -0.15) is 0 Å². The molecule has 1 aliphatic heterocycles. The molecule has 102 valence electrons. The second kappa shape index (κ2) is 4.94. The molecule has 0 radical (unpaired) electrons. The predicted molar refractivity (Wildman–Crippen MR) is 70.6 cm³/mol. The summed E-state index contributed by atoms with van der Waals surface area (Å²) < 4.78 is 5.47. The molecular formula is C15H19NO3. The third-order valence-electron chi connectivity index (χ3n) is 4.15. The van der Waals surface area contributed by atoms with Gasteiger partial charge in [0.15, 0.2) is 0 Å². The van der Waals surface area contributed by atoms with E-state index in [-0.39, 0.29) is 24.0 Å². The smallest absolute Gasteiger partial charge is 0.249 e. The summed E-state index contributed by atoms with van der Waals surface area (Å²) in [6, 6.07) is 7.55. The normalized spacial score (nSPS) is 33.2. The molecular weight excluding hydrogens is 242 g/mol. The highest BCUT2D eigenvalue weighted by Gasteiger charge is 2.36. The largest absolute Gasteiger partial charge is 0.390 e. The molecule has 2 unspecified atom stereocenters. The number of ether oxygens (including phenoxy) is 1. The highest BCUT2D eigenvalue weighted by atomic mass is 16.5. The van der Waals surface area contributed by atoms with Crippen molar-refractivity contribution in [2.45, 2.75) is 38.0 Å². The first-order valence-corrected chi connectivity index (χ1v) is 6.84. The number of nitrogens with one attached hydrogen (secondary N) is 1. The fraction of sp³-hybridized carbons (Fsp3) is 0.533. The van der Waals surface area contributed by atoms with Gasteiger partial charge in [-0.15, -0.1) is 0 Å². The van der Waals surface area contributed by atoms with E-state index >= 15 is 0 Å². The minimum atomic E-state index is -0.543. The van der Waals surface area contributed by atoms with Crippen LogP contribution in [0.2, 0.25) is 0 Å². The topological polar surface area (TPSA) is 58.6 Å². The van der Waals surface area contributed by atoms with Crippen LogP contribution in [0.5, 0.6) is 0 Å². The molecule has 1 aromatic carbocycles. The van der Waals surface area contributed by atoms with Crippen molar-refractivity contribution in [3.63, 3.8) is 0 Å². The van der Waals surface area contributed by atoms with Gasteiger partial charge in [0.1, 0.15) is 6.10 Å². The molecule has 1 amide bonds. The fourth-order valence-electron chi connectivity index (χ4n) is 3.01. The molecule has 19 heavy (non-hydrogen) atoms. The van der Waals surface area contributed by atoms with Crippen LogP contribution >= 0.6 is 0 Å². The molecule has 3 rings (SSSR count). The zero-order valence-electron chi connectivity index (χ0n) is 11.0. The molecule has 4 atom stereocenters. The van der Waals surface area contributed by atoms with E-state index in [0.717, 1.165) is 17.5 Å². The quantitative estimate of drug-likeness (QED) is 0.840. The Hall–Kier alpha value is -1.39. The van der Waals surface area contributed by atoms with Crippen molar-refractivity contribution in [2.75, 3.05) is 6.61 Å². The monoisotopic (exact) mass is 261 g/mol.